The maximum Gasteiger partial charge on any atom is 0.471 e. The standard InChI is InChI=1S/C17H11F3N4O5/c1-29-12-8-9(5-6-10(12)24(27)28)13(25)15-21-14(22-16(26)17(18,19)20)11-4-2-3-7-23(11)15/h2-8H,1H3,(H,22,26). The van der Waals surface area contributed by atoms with Crippen LogP contribution in [0.15, 0.2) is 42.6 Å². The fraction of sp³-hybridized carbons (Fsp3) is 0.118. The highest BCUT2D eigenvalue weighted by atomic mass is 19.4. The fourth-order valence-corrected chi connectivity index (χ4v) is 2.57. The molecule has 0 saturated carbocycles. The zero-order valence-electron chi connectivity index (χ0n) is 14.6. The van der Waals surface area contributed by atoms with E-state index in [1.807, 2.05) is 0 Å². The molecule has 1 aromatic carbocycles. The first-order valence-corrected chi connectivity index (χ1v) is 7.86. The van der Waals surface area contributed by atoms with Crippen molar-refractivity contribution in [1.82, 2.24) is 9.38 Å². The third kappa shape index (κ3) is 3.72. The van der Waals surface area contributed by atoms with Crippen LogP contribution in [0.4, 0.5) is 24.7 Å². The number of imidazole rings is 1. The quantitative estimate of drug-likeness (QED) is 0.394. The minimum absolute atomic E-state index is 0.0445. The van der Waals surface area contributed by atoms with Crippen molar-refractivity contribution in [3.63, 3.8) is 0 Å². The summed E-state index contributed by atoms with van der Waals surface area (Å²) in [5.41, 5.74) is -0.352. The summed E-state index contributed by atoms with van der Waals surface area (Å²) in [6, 6.07) is 7.72. The first-order valence-electron chi connectivity index (χ1n) is 7.86. The van der Waals surface area contributed by atoms with Crippen LogP contribution in [-0.4, -0.2) is 39.3 Å². The molecule has 0 aliphatic heterocycles. The Morgan fingerprint density at radius 2 is 1.97 bits per heavy atom. The maximum absolute atomic E-state index is 12.9. The Morgan fingerprint density at radius 1 is 1.24 bits per heavy atom. The Morgan fingerprint density at radius 3 is 2.59 bits per heavy atom. The van der Waals surface area contributed by atoms with E-state index in [0.29, 0.717) is 0 Å². The number of halogens is 3. The number of fused-ring (bicyclic) bond motifs is 1. The van der Waals surface area contributed by atoms with E-state index in [1.54, 1.807) is 5.32 Å². The summed E-state index contributed by atoms with van der Waals surface area (Å²) in [5, 5.41) is 12.6. The molecule has 0 spiro atoms. The maximum atomic E-state index is 12.9. The van der Waals surface area contributed by atoms with E-state index in [-0.39, 0.29) is 28.3 Å². The molecule has 1 amide bonds. The number of amides is 1. The zero-order chi connectivity index (χ0) is 21.3. The molecule has 12 heteroatoms. The monoisotopic (exact) mass is 408 g/mol. The molecule has 9 nitrogen and oxygen atoms in total. The van der Waals surface area contributed by atoms with Gasteiger partial charge in [0.2, 0.25) is 5.78 Å². The van der Waals surface area contributed by atoms with Gasteiger partial charge < -0.3 is 10.1 Å². The third-order valence-corrected chi connectivity index (χ3v) is 3.88. The zero-order valence-corrected chi connectivity index (χ0v) is 14.6. The van der Waals surface area contributed by atoms with Crippen molar-refractivity contribution < 1.29 is 32.4 Å². The van der Waals surface area contributed by atoms with Gasteiger partial charge in [-0.1, -0.05) is 6.07 Å². The molecule has 29 heavy (non-hydrogen) atoms. The lowest BCUT2D eigenvalue weighted by Crippen LogP contribution is -2.30. The van der Waals surface area contributed by atoms with Gasteiger partial charge in [-0.3, -0.25) is 24.1 Å². The number of ether oxygens (including phenoxy) is 1. The third-order valence-electron chi connectivity index (χ3n) is 3.88. The van der Waals surface area contributed by atoms with E-state index >= 15 is 0 Å². The highest BCUT2D eigenvalue weighted by molar-refractivity contribution is 6.09. The molecule has 0 radical (unpaired) electrons. The Labute approximate surface area is 159 Å². The van der Waals surface area contributed by atoms with E-state index < -0.39 is 28.6 Å². The summed E-state index contributed by atoms with van der Waals surface area (Å²) in [4.78, 5) is 38.3. The van der Waals surface area contributed by atoms with Gasteiger partial charge >= 0.3 is 17.8 Å². The molecule has 0 aliphatic rings. The SMILES string of the molecule is COc1cc(C(=O)c2nc(NC(=O)C(F)(F)F)c3ccccn23)ccc1[N+](=O)[O-]. The van der Waals surface area contributed by atoms with E-state index in [2.05, 4.69) is 4.98 Å². The van der Waals surface area contributed by atoms with Gasteiger partial charge in [-0.15, -0.1) is 0 Å². The van der Waals surface area contributed by atoms with Crippen molar-refractivity contribution in [3.05, 3.63) is 64.1 Å². The van der Waals surface area contributed by atoms with Crippen LogP contribution in [0.5, 0.6) is 5.75 Å². The highest BCUT2D eigenvalue weighted by Crippen LogP contribution is 2.29. The number of ketones is 1. The lowest BCUT2D eigenvalue weighted by Gasteiger charge is -2.05. The number of hydrogen-bond donors (Lipinski definition) is 1. The van der Waals surface area contributed by atoms with Crippen molar-refractivity contribution in [2.45, 2.75) is 6.18 Å². The molecule has 2 heterocycles. The molecular formula is C17H11F3N4O5. The molecule has 0 fully saturated rings. The normalized spacial score (nSPS) is 11.3. The summed E-state index contributed by atoms with van der Waals surface area (Å²) in [6.07, 6.45) is -3.76. The number of carbonyl (C=O) groups is 2. The van der Waals surface area contributed by atoms with Crippen LogP contribution in [0.1, 0.15) is 16.2 Å². The molecule has 0 saturated heterocycles. The number of anilines is 1. The minimum Gasteiger partial charge on any atom is -0.490 e. The van der Waals surface area contributed by atoms with Gasteiger partial charge in [0.1, 0.15) is 0 Å². The van der Waals surface area contributed by atoms with E-state index in [1.165, 1.54) is 42.0 Å². The Balaban J connectivity index is 2.07. The molecular weight excluding hydrogens is 397 g/mol. The second kappa shape index (κ2) is 7.22. The van der Waals surface area contributed by atoms with Crippen molar-refractivity contribution in [1.29, 1.82) is 0 Å². The number of rotatable bonds is 5. The lowest BCUT2D eigenvalue weighted by molar-refractivity contribution is -0.385. The van der Waals surface area contributed by atoms with Crippen molar-refractivity contribution in [3.8, 4) is 5.75 Å². The van der Waals surface area contributed by atoms with Gasteiger partial charge in [0, 0.05) is 17.8 Å². The number of carbonyl (C=O) groups excluding carboxylic acids is 2. The van der Waals surface area contributed by atoms with Crippen LogP contribution in [0.2, 0.25) is 0 Å². The predicted octanol–water partition coefficient (Wildman–Crippen LogP) is 2.98. The van der Waals surface area contributed by atoms with Crippen LogP contribution in [-0.2, 0) is 4.79 Å². The second-order valence-corrected chi connectivity index (χ2v) is 5.66. The fourth-order valence-electron chi connectivity index (χ4n) is 2.57. The van der Waals surface area contributed by atoms with E-state index in [9.17, 15) is 32.9 Å². The lowest BCUT2D eigenvalue weighted by atomic mass is 10.1. The number of nitrogens with one attached hydrogen (secondary N) is 1. The molecule has 150 valence electrons. The molecule has 0 unspecified atom stereocenters. The Hall–Kier alpha value is -3.96. The first kappa shape index (κ1) is 19.8. The van der Waals surface area contributed by atoms with Crippen molar-refractivity contribution >= 4 is 28.7 Å². The molecule has 2 aromatic heterocycles. The number of methoxy groups -OCH3 is 1. The summed E-state index contributed by atoms with van der Waals surface area (Å²) in [7, 11) is 1.19. The van der Waals surface area contributed by atoms with Crippen molar-refractivity contribution in [2.24, 2.45) is 0 Å². The number of alkyl halides is 3. The van der Waals surface area contributed by atoms with Crippen LogP contribution < -0.4 is 10.1 Å². The average Bonchev–Trinajstić information content (AvgIpc) is 3.04. The van der Waals surface area contributed by atoms with Crippen LogP contribution >= 0.6 is 0 Å². The molecule has 0 bridgehead atoms. The number of aromatic nitrogens is 2. The highest BCUT2D eigenvalue weighted by Gasteiger charge is 2.39. The van der Waals surface area contributed by atoms with Gasteiger partial charge in [0.05, 0.1) is 17.5 Å². The summed E-state index contributed by atoms with van der Waals surface area (Å²) >= 11 is 0. The van der Waals surface area contributed by atoms with Gasteiger partial charge in [0.25, 0.3) is 0 Å². The molecule has 3 aromatic rings. The largest absolute Gasteiger partial charge is 0.490 e. The number of nitro benzene ring substituents is 1. The second-order valence-electron chi connectivity index (χ2n) is 5.66. The smallest absolute Gasteiger partial charge is 0.471 e. The van der Waals surface area contributed by atoms with E-state index in [0.717, 1.165) is 12.1 Å². The number of benzene rings is 1. The van der Waals surface area contributed by atoms with Gasteiger partial charge in [0.15, 0.2) is 17.4 Å². The Kier molecular flexibility index (Phi) is 4.93. The summed E-state index contributed by atoms with van der Waals surface area (Å²) in [6.45, 7) is 0. The van der Waals surface area contributed by atoms with Crippen LogP contribution in [0.3, 0.4) is 0 Å². The average molecular weight is 408 g/mol. The Bertz CT molecular complexity index is 1140. The summed E-state index contributed by atoms with van der Waals surface area (Å²) < 4.78 is 43.8. The topological polar surface area (TPSA) is 116 Å². The number of nitrogens with zero attached hydrogens (tertiary/aromatic N) is 3. The molecule has 0 atom stereocenters. The number of hydrogen-bond acceptors (Lipinski definition) is 6. The van der Waals surface area contributed by atoms with Gasteiger partial charge in [-0.05, 0) is 24.3 Å². The van der Waals surface area contributed by atoms with Crippen LogP contribution in [0, 0.1) is 10.1 Å². The molecule has 3 rings (SSSR count). The van der Waals surface area contributed by atoms with Gasteiger partial charge in [-0.25, -0.2) is 4.98 Å². The molecule has 1 N–H and O–H groups in total. The van der Waals surface area contributed by atoms with Gasteiger partial charge in [-0.2, -0.15) is 13.2 Å². The minimum atomic E-state index is -5.14. The summed E-state index contributed by atoms with van der Waals surface area (Å²) in [5.74, 6) is -3.91. The van der Waals surface area contributed by atoms with Crippen molar-refractivity contribution in [2.75, 3.05) is 12.4 Å². The number of pyridine rings is 1. The predicted molar refractivity (Wildman–Crippen MR) is 93.0 cm³/mol. The number of nitro groups is 1. The first-order chi connectivity index (χ1) is 13.6. The van der Waals surface area contributed by atoms with Crippen LogP contribution in [0.25, 0.3) is 5.52 Å². The molecule has 0 aliphatic carbocycles. The van der Waals surface area contributed by atoms with E-state index in [4.69, 9.17) is 4.74 Å².